The summed E-state index contributed by atoms with van der Waals surface area (Å²) in [5, 5.41) is 10.3. The van der Waals surface area contributed by atoms with Crippen LogP contribution < -0.4 is 0 Å². The van der Waals surface area contributed by atoms with E-state index in [9.17, 15) is 9.90 Å². The van der Waals surface area contributed by atoms with E-state index in [1.54, 1.807) is 0 Å². The van der Waals surface area contributed by atoms with Crippen molar-refractivity contribution in [3.05, 3.63) is 35.9 Å². The van der Waals surface area contributed by atoms with Crippen LogP contribution in [0.3, 0.4) is 0 Å². The van der Waals surface area contributed by atoms with Crippen LogP contribution in [-0.4, -0.2) is 31.6 Å². The Morgan fingerprint density at radius 1 is 1.14 bits per heavy atom. The molecule has 0 radical (unpaired) electrons. The van der Waals surface area contributed by atoms with Gasteiger partial charge >= 0.3 is 5.97 Å². The molecule has 0 aliphatic heterocycles. The maximum atomic E-state index is 12.1. The van der Waals surface area contributed by atoms with Crippen molar-refractivity contribution in [1.29, 1.82) is 0 Å². The van der Waals surface area contributed by atoms with Crippen molar-refractivity contribution >= 4 is 14.3 Å². The summed E-state index contributed by atoms with van der Waals surface area (Å²) in [5.41, 5.74) is -0.749. The van der Waals surface area contributed by atoms with Gasteiger partial charge in [-0.2, -0.15) is 0 Å². The zero-order valence-corrected chi connectivity index (χ0v) is 15.5. The second-order valence-corrected chi connectivity index (χ2v) is 12.2. The van der Waals surface area contributed by atoms with Crippen molar-refractivity contribution in [3.63, 3.8) is 0 Å². The molecule has 4 nitrogen and oxygen atoms in total. The minimum atomic E-state index is -2.02. The highest BCUT2D eigenvalue weighted by Gasteiger charge is 2.41. The molecule has 0 spiro atoms. The lowest BCUT2D eigenvalue weighted by atomic mass is 10.1. The summed E-state index contributed by atoms with van der Waals surface area (Å²) in [5.74, 6) is -0.657. The molecule has 5 heteroatoms. The molecule has 0 saturated carbocycles. The van der Waals surface area contributed by atoms with Gasteiger partial charge in [0.2, 0.25) is 0 Å². The zero-order valence-electron chi connectivity index (χ0n) is 14.5. The highest BCUT2D eigenvalue weighted by Crippen LogP contribution is 2.37. The summed E-state index contributed by atoms with van der Waals surface area (Å²) < 4.78 is 11.1. The normalized spacial score (nSPS) is 15.2. The van der Waals surface area contributed by atoms with Gasteiger partial charge in [0.1, 0.15) is 6.61 Å². The van der Waals surface area contributed by atoms with Crippen molar-refractivity contribution in [2.24, 2.45) is 0 Å². The Morgan fingerprint density at radius 3 is 2.18 bits per heavy atom. The Morgan fingerprint density at radius 2 is 1.68 bits per heavy atom. The van der Waals surface area contributed by atoms with Crippen molar-refractivity contribution in [2.45, 2.75) is 58.0 Å². The molecule has 1 atom stereocenters. The number of benzene rings is 1. The van der Waals surface area contributed by atoms with Gasteiger partial charge in [0.05, 0.1) is 6.61 Å². The Hall–Kier alpha value is -1.17. The van der Waals surface area contributed by atoms with Crippen LogP contribution in [0.25, 0.3) is 0 Å². The number of ether oxygens (including phenoxy) is 1. The molecule has 0 aliphatic rings. The summed E-state index contributed by atoms with van der Waals surface area (Å²) in [6, 6.07) is 9.39. The molecule has 22 heavy (non-hydrogen) atoms. The van der Waals surface area contributed by atoms with E-state index in [0.717, 1.165) is 5.56 Å². The molecule has 0 aliphatic carbocycles. The number of aliphatic hydroxyl groups is 1. The minimum Gasteiger partial charge on any atom is -0.459 e. The molecule has 1 unspecified atom stereocenters. The van der Waals surface area contributed by atoms with Gasteiger partial charge in [-0.3, -0.25) is 0 Å². The Labute approximate surface area is 134 Å². The molecule has 0 heterocycles. The van der Waals surface area contributed by atoms with Gasteiger partial charge in [0, 0.05) is 0 Å². The van der Waals surface area contributed by atoms with E-state index in [4.69, 9.17) is 9.16 Å². The number of carbonyl (C=O) groups is 1. The predicted octanol–water partition coefficient (Wildman–Crippen LogP) is 3.50. The van der Waals surface area contributed by atoms with Crippen LogP contribution in [0.5, 0.6) is 0 Å². The summed E-state index contributed by atoms with van der Waals surface area (Å²) in [6.07, 6.45) is 0. The second kappa shape index (κ2) is 6.94. The third-order valence-electron chi connectivity index (χ3n) is 4.17. The lowest BCUT2D eigenvalue weighted by Crippen LogP contribution is -2.48. The van der Waals surface area contributed by atoms with Crippen molar-refractivity contribution in [3.8, 4) is 0 Å². The average Bonchev–Trinajstić information content (AvgIpc) is 2.42. The summed E-state index contributed by atoms with van der Waals surface area (Å²) >= 11 is 0. The first-order chi connectivity index (χ1) is 9.96. The van der Waals surface area contributed by atoms with E-state index in [-0.39, 0.29) is 18.3 Å². The van der Waals surface area contributed by atoms with Crippen LogP contribution in [0.4, 0.5) is 0 Å². The Bertz CT molecular complexity index is 489. The van der Waals surface area contributed by atoms with Crippen LogP contribution in [0.15, 0.2) is 30.3 Å². The molecule has 0 aromatic heterocycles. The first kappa shape index (κ1) is 18.9. The fraction of sp³-hybridized carbons (Fsp3) is 0.588. The van der Waals surface area contributed by atoms with Crippen LogP contribution >= 0.6 is 0 Å². The van der Waals surface area contributed by atoms with Crippen LogP contribution in [-0.2, 0) is 20.6 Å². The first-order valence-corrected chi connectivity index (χ1v) is 10.4. The monoisotopic (exact) mass is 324 g/mol. The standard InChI is InChI=1S/C17H28O4Si/c1-16(2,3)22(5,6)21-13-17(4,19)15(18)20-12-14-10-8-7-9-11-14/h7-11,19H,12-13H2,1-6H3. The van der Waals surface area contributed by atoms with E-state index < -0.39 is 19.9 Å². The molecule has 0 saturated heterocycles. The SMILES string of the molecule is CC(O)(CO[Si](C)(C)C(C)(C)C)C(=O)OCc1ccccc1. The first-order valence-electron chi connectivity index (χ1n) is 7.53. The lowest BCUT2D eigenvalue weighted by Gasteiger charge is -2.38. The number of rotatable bonds is 6. The van der Waals surface area contributed by atoms with E-state index in [1.165, 1.54) is 6.92 Å². The van der Waals surface area contributed by atoms with E-state index >= 15 is 0 Å². The summed E-state index contributed by atoms with van der Waals surface area (Å²) in [6.45, 7) is 12.0. The quantitative estimate of drug-likeness (QED) is 0.643. The number of hydrogen-bond donors (Lipinski definition) is 1. The minimum absolute atomic E-state index is 0.0248. The van der Waals surface area contributed by atoms with Gasteiger partial charge in [0.15, 0.2) is 13.9 Å². The van der Waals surface area contributed by atoms with Gasteiger partial charge in [-0.15, -0.1) is 0 Å². The van der Waals surface area contributed by atoms with Crippen LogP contribution in [0, 0.1) is 0 Å². The Balaban J connectivity index is 2.56. The topological polar surface area (TPSA) is 55.8 Å². The van der Waals surface area contributed by atoms with Crippen molar-refractivity contribution in [1.82, 2.24) is 0 Å². The average molecular weight is 324 g/mol. The molecular formula is C17H28O4Si. The maximum Gasteiger partial charge on any atom is 0.340 e. The van der Waals surface area contributed by atoms with Crippen LogP contribution in [0.2, 0.25) is 18.1 Å². The molecule has 1 N–H and O–H groups in total. The fourth-order valence-corrected chi connectivity index (χ4v) is 2.55. The second-order valence-electron chi connectivity index (χ2n) is 7.38. The number of esters is 1. The van der Waals surface area contributed by atoms with Gasteiger partial charge in [-0.05, 0) is 30.6 Å². The third kappa shape index (κ3) is 5.23. The Kier molecular flexibility index (Phi) is 5.95. The van der Waals surface area contributed by atoms with E-state index in [0.29, 0.717) is 0 Å². The lowest BCUT2D eigenvalue weighted by molar-refractivity contribution is -0.168. The van der Waals surface area contributed by atoms with Crippen molar-refractivity contribution in [2.75, 3.05) is 6.61 Å². The largest absolute Gasteiger partial charge is 0.459 e. The summed E-state index contributed by atoms with van der Waals surface area (Å²) in [7, 11) is -2.02. The number of hydrogen-bond acceptors (Lipinski definition) is 4. The van der Waals surface area contributed by atoms with Gasteiger partial charge in [-0.25, -0.2) is 4.79 Å². The van der Waals surface area contributed by atoms with Gasteiger partial charge in [-0.1, -0.05) is 51.1 Å². The molecule has 1 aromatic rings. The predicted molar refractivity (Wildman–Crippen MR) is 90.0 cm³/mol. The molecule has 0 bridgehead atoms. The molecule has 0 amide bonds. The smallest absolute Gasteiger partial charge is 0.340 e. The number of carbonyl (C=O) groups excluding carboxylic acids is 1. The third-order valence-corrected chi connectivity index (χ3v) is 8.65. The maximum absolute atomic E-state index is 12.1. The van der Waals surface area contributed by atoms with Crippen LogP contribution in [0.1, 0.15) is 33.3 Å². The molecule has 1 aromatic carbocycles. The fourth-order valence-electron chi connectivity index (χ4n) is 1.47. The zero-order chi connectivity index (χ0) is 17.0. The van der Waals surface area contributed by atoms with E-state index in [2.05, 4.69) is 33.9 Å². The highest BCUT2D eigenvalue weighted by atomic mass is 28.4. The molecule has 1 rings (SSSR count). The summed E-state index contributed by atoms with van der Waals surface area (Å²) in [4.78, 5) is 12.1. The highest BCUT2D eigenvalue weighted by molar-refractivity contribution is 6.74. The van der Waals surface area contributed by atoms with Crippen molar-refractivity contribution < 1.29 is 19.1 Å². The molecule has 0 fully saturated rings. The van der Waals surface area contributed by atoms with E-state index in [1.807, 2.05) is 30.3 Å². The molecule has 124 valence electrons. The van der Waals surface area contributed by atoms with Gasteiger partial charge < -0.3 is 14.3 Å². The molecular weight excluding hydrogens is 296 g/mol. The van der Waals surface area contributed by atoms with Gasteiger partial charge in [0.25, 0.3) is 0 Å².